The number of nitrogens with zero attached hydrogens (tertiary/aromatic N) is 6. The monoisotopic (exact) mass is 446 g/mol. The van der Waals surface area contributed by atoms with Crippen LogP contribution in [0.1, 0.15) is 27.4 Å². The Morgan fingerprint density at radius 1 is 1.36 bits per heavy atom. The zero-order valence-electron chi connectivity index (χ0n) is 13.3. The number of amides is 2. The number of carbonyl (C=O) groups is 2. The van der Waals surface area contributed by atoms with Gasteiger partial charge in [0.1, 0.15) is 5.69 Å². The minimum Gasteiger partial charge on any atom is -0.336 e. The van der Waals surface area contributed by atoms with Crippen LogP contribution in [0.25, 0.3) is 0 Å². The molecule has 0 radical (unpaired) electrons. The van der Waals surface area contributed by atoms with E-state index in [1.54, 1.807) is 17.3 Å². The maximum Gasteiger partial charge on any atom is 0.304 e. The molecular weight excluding hydrogens is 432 g/mol. The minimum absolute atomic E-state index is 0.150. The highest BCUT2D eigenvalue weighted by molar-refractivity contribution is 9.10. The average molecular weight is 447 g/mol. The first kappa shape index (κ1) is 18.1. The van der Waals surface area contributed by atoms with Crippen molar-refractivity contribution in [1.29, 1.82) is 0 Å². The van der Waals surface area contributed by atoms with Crippen LogP contribution in [0.2, 0.25) is 0 Å². The van der Waals surface area contributed by atoms with Gasteiger partial charge < -0.3 is 4.90 Å². The van der Waals surface area contributed by atoms with E-state index in [1.807, 2.05) is 0 Å². The zero-order chi connectivity index (χ0) is 18.0. The second-order valence-electron chi connectivity index (χ2n) is 5.48. The summed E-state index contributed by atoms with van der Waals surface area (Å²) in [6, 6.07) is 0. The van der Waals surface area contributed by atoms with Crippen molar-refractivity contribution < 1.29 is 13.8 Å². The van der Waals surface area contributed by atoms with Gasteiger partial charge in [0.15, 0.2) is 5.69 Å². The number of hydrogen-bond acceptors (Lipinski definition) is 7. The number of hydrogen-bond donors (Lipinski definition) is 0. The summed E-state index contributed by atoms with van der Waals surface area (Å²) in [7, 11) is -1.16. The molecule has 134 valence electrons. The molecule has 1 aliphatic heterocycles. The molecule has 0 aromatic carbocycles. The summed E-state index contributed by atoms with van der Waals surface area (Å²) < 4.78 is 22.9. The second kappa shape index (κ2) is 7.30. The Kier molecular flexibility index (Phi) is 5.29. The van der Waals surface area contributed by atoms with Crippen molar-refractivity contribution in [1.82, 2.24) is 24.3 Å². The van der Waals surface area contributed by atoms with Crippen LogP contribution in [-0.4, -0.2) is 64.9 Å². The van der Waals surface area contributed by atoms with Gasteiger partial charge in [-0.15, -0.1) is 5.10 Å². The Labute approximate surface area is 156 Å². The third-order valence-electron chi connectivity index (χ3n) is 3.77. The number of aromatic nitrogens is 4. The normalized spacial score (nSPS) is 21.0. The smallest absolute Gasteiger partial charge is 0.304 e. The molecule has 1 saturated heterocycles. The molecule has 0 spiro atoms. The molecule has 3 rings (SSSR count). The van der Waals surface area contributed by atoms with E-state index in [-0.39, 0.29) is 29.7 Å². The first-order valence-electron chi connectivity index (χ1n) is 7.40. The molecule has 0 N–H and O–H groups in total. The lowest BCUT2D eigenvalue weighted by Gasteiger charge is -2.18. The van der Waals surface area contributed by atoms with E-state index in [0.717, 1.165) is 0 Å². The predicted molar refractivity (Wildman–Crippen MR) is 96.0 cm³/mol. The molecule has 1 atom stereocenters. The van der Waals surface area contributed by atoms with Gasteiger partial charge in [0.2, 0.25) is 0 Å². The Balaban J connectivity index is 1.77. The van der Waals surface area contributed by atoms with Crippen LogP contribution in [0.5, 0.6) is 0 Å². The number of halogens is 1. The third-order valence-corrected chi connectivity index (χ3v) is 7.55. The fourth-order valence-corrected chi connectivity index (χ4v) is 5.47. The van der Waals surface area contributed by atoms with Crippen molar-refractivity contribution in [3.05, 3.63) is 27.4 Å². The van der Waals surface area contributed by atoms with E-state index < -0.39 is 15.6 Å². The highest BCUT2D eigenvalue weighted by Crippen LogP contribution is 2.20. The molecule has 0 saturated carbocycles. The van der Waals surface area contributed by atoms with E-state index in [1.165, 1.54) is 22.4 Å². The SMILES string of the molecule is Cn1nncc1C(=O)N=S1(=O)CCCN(C(=O)c2nscc2Br)CC1. The summed E-state index contributed by atoms with van der Waals surface area (Å²) in [5.74, 6) is -0.387. The van der Waals surface area contributed by atoms with Crippen molar-refractivity contribution in [3.8, 4) is 0 Å². The van der Waals surface area contributed by atoms with Gasteiger partial charge in [-0.25, -0.2) is 8.89 Å². The molecule has 2 amide bonds. The molecule has 12 heteroatoms. The lowest BCUT2D eigenvalue weighted by atomic mass is 10.3. The molecule has 25 heavy (non-hydrogen) atoms. The quantitative estimate of drug-likeness (QED) is 0.684. The van der Waals surface area contributed by atoms with E-state index in [2.05, 4.69) is 35.0 Å². The van der Waals surface area contributed by atoms with Gasteiger partial charge in [-0.1, -0.05) is 5.21 Å². The standard InChI is InChI=1S/C13H15BrN6O3S2/c1-19-10(7-15-18-19)12(21)17-25(23)5-2-3-20(4-6-25)13(22)11-9(14)8-24-16-11/h7-8H,2-6H2,1H3. The van der Waals surface area contributed by atoms with Gasteiger partial charge in [-0.05, 0) is 33.9 Å². The Bertz CT molecular complexity index is 930. The van der Waals surface area contributed by atoms with Gasteiger partial charge in [0, 0.05) is 37.0 Å². The summed E-state index contributed by atoms with van der Waals surface area (Å²) in [6.07, 6.45) is 1.80. The van der Waals surface area contributed by atoms with Gasteiger partial charge in [-0.3, -0.25) is 9.59 Å². The molecule has 1 fully saturated rings. The predicted octanol–water partition coefficient (Wildman–Crippen LogP) is 1.19. The molecule has 2 aromatic heterocycles. The van der Waals surface area contributed by atoms with Crippen LogP contribution < -0.4 is 0 Å². The fraction of sp³-hybridized carbons (Fsp3) is 0.462. The number of rotatable bonds is 2. The Morgan fingerprint density at radius 2 is 2.16 bits per heavy atom. The summed E-state index contributed by atoms with van der Waals surface area (Å²) in [5, 5.41) is 9.04. The largest absolute Gasteiger partial charge is 0.336 e. The maximum atomic E-state index is 13.0. The zero-order valence-corrected chi connectivity index (χ0v) is 16.5. The molecule has 9 nitrogen and oxygen atoms in total. The van der Waals surface area contributed by atoms with Gasteiger partial charge >= 0.3 is 5.91 Å². The summed E-state index contributed by atoms with van der Waals surface area (Å²) in [6.45, 7) is 0.721. The van der Waals surface area contributed by atoms with Gasteiger partial charge in [0.05, 0.1) is 20.4 Å². The topological polar surface area (TPSA) is 110 Å². The maximum absolute atomic E-state index is 13.0. The van der Waals surface area contributed by atoms with Crippen molar-refractivity contribution in [2.24, 2.45) is 11.4 Å². The van der Waals surface area contributed by atoms with Crippen molar-refractivity contribution in [2.45, 2.75) is 6.42 Å². The lowest BCUT2D eigenvalue weighted by molar-refractivity contribution is 0.0763. The molecule has 1 unspecified atom stereocenters. The molecule has 1 aliphatic rings. The van der Waals surface area contributed by atoms with E-state index in [4.69, 9.17) is 0 Å². The average Bonchev–Trinajstić information content (AvgIpc) is 3.13. The number of aryl methyl sites for hydroxylation is 1. The van der Waals surface area contributed by atoms with Crippen molar-refractivity contribution in [2.75, 3.05) is 24.6 Å². The molecule has 2 aromatic rings. The Hall–Kier alpha value is -1.66. The van der Waals surface area contributed by atoms with Gasteiger partial charge in [-0.2, -0.15) is 8.74 Å². The van der Waals surface area contributed by atoms with Crippen LogP contribution in [0.3, 0.4) is 0 Å². The fourth-order valence-electron chi connectivity index (χ4n) is 2.44. The summed E-state index contributed by atoms with van der Waals surface area (Å²) in [5.41, 5.74) is 0.540. The van der Waals surface area contributed by atoms with Crippen LogP contribution >= 0.6 is 27.5 Å². The van der Waals surface area contributed by atoms with Crippen LogP contribution in [0.4, 0.5) is 0 Å². The van der Waals surface area contributed by atoms with E-state index in [0.29, 0.717) is 23.1 Å². The summed E-state index contributed by atoms with van der Waals surface area (Å²) >= 11 is 4.50. The van der Waals surface area contributed by atoms with E-state index >= 15 is 0 Å². The van der Waals surface area contributed by atoms with Gasteiger partial charge in [0.25, 0.3) is 5.91 Å². The van der Waals surface area contributed by atoms with Crippen LogP contribution in [0, 0.1) is 0 Å². The van der Waals surface area contributed by atoms with E-state index in [9.17, 15) is 13.8 Å². The van der Waals surface area contributed by atoms with Crippen LogP contribution in [-0.2, 0) is 16.8 Å². The molecule has 0 aliphatic carbocycles. The summed E-state index contributed by atoms with van der Waals surface area (Å²) in [4.78, 5) is 26.4. The second-order valence-corrected chi connectivity index (χ2v) is 9.50. The van der Waals surface area contributed by atoms with Crippen molar-refractivity contribution >= 4 is 49.0 Å². The molecular formula is C13H15BrN6O3S2. The molecule has 0 bridgehead atoms. The first-order valence-corrected chi connectivity index (χ1v) is 10.9. The van der Waals surface area contributed by atoms with Crippen LogP contribution in [0.15, 0.2) is 20.4 Å². The lowest BCUT2D eigenvalue weighted by Crippen LogP contribution is -2.34. The minimum atomic E-state index is -2.73. The highest BCUT2D eigenvalue weighted by Gasteiger charge is 2.26. The number of carbonyl (C=O) groups excluding carboxylic acids is 2. The Morgan fingerprint density at radius 3 is 2.80 bits per heavy atom. The third kappa shape index (κ3) is 3.96. The van der Waals surface area contributed by atoms with Crippen molar-refractivity contribution in [3.63, 3.8) is 0 Å². The first-order chi connectivity index (χ1) is 11.9. The highest BCUT2D eigenvalue weighted by atomic mass is 79.9. The molecule has 3 heterocycles.